The van der Waals surface area contributed by atoms with E-state index in [2.05, 4.69) is 26.6 Å². The summed E-state index contributed by atoms with van der Waals surface area (Å²) in [6.07, 6.45) is 7.70. The molecule has 1 atom stereocenters. The average Bonchev–Trinajstić information content (AvgIpc) is 3.26. The Morgan fingerprint density at radius 3 is 2.72 bits per heavy atom. The molecule has 6 heteroatoms. The second kappa shape index (κ2) is 10.6. The van der Waals surface area contributed by atoms with E-state index in [9.17, 15) is 0 Å². The quantitative estimate of drug-likeness (QED) is 0.387. The van der Waals surface area contributed by atoms with Crippen molar-refractivity contribution in [3.05, 3.63) is 34.9 Å². The highest BCUT2D eigenvalue weighted by Crippen LogP contribution is 2.26. The van der Waals surface area contributed by atoms with Crippen molar-refractivity contribution in [2.24, 2.45) is 4.99 Å². The predicted octanol–water partition coefficient (Wildman–Crippen LogP) is 3.68. The van der Waals surface area contributed by atoms with Crippen molar-refractivity contribution in [2.75, 3.05) is 26.7 Å². The summed E-state index contributed by atoms with van der Waals surface area (Å²) < 4.78 is 0. The third kappa shape index (κ3) is 6.00. The summed E-state index contributed by atoms with van der Waals surface area (Å²) in [4.78, 5) is 7.04. The van der Waals surface area contributed by atoms with Crippen LogP contribution in [0.5, 0.6) is 0 Å². The zero-order valence-electron chi connectivity index (χ0n) is 15.0. The van der Waals surface area contributed by atoms with Crippen molar-refractivity contribution in [3.8, 4) is 0 Å². The predicted molar refractivity (Wildman–Crippen MR) is 117 cm³/mol. The highest BCUT2D eigenvalue weighted by atomic mass is 127. The second-order valence-corrected chi connectivity index (χ2v) is 7.31. The van der Waals surface area contributed by atoms with E-state index < -0.39 is 0 Å². The smallest absolute Gasteiger partial charge is 0.191 e. The molecule has 1 unspecified atom stereocenters. The van der Waals surface area contributed by atoms with E-state index in [4.69, 9.17) is 11.6 Å². The fourth-order valence-electron chi connectivity index (χ4n) is 3.91. The molecular weight excluding hydrogens is 447 g/mol. The maximum absolute atomic E-state index is 6.21. The molecule has 1 saturated heterocycles. The monoisotopic (exact) mass is 476 g/mol. The number of guanidine groups is 1. The number of hydrogen-bond acceptors (Lipinski definition) is 2. The van der Waals surface area contributed by atoms with Gasteiger partial charge in [0.25, 0.3) is 0 Å². The first-order chi connectivity index (χ1) is 11.8. The lowest BCUT2D eigenvalue weighted by molar-refractivity contribution is 0.242. The summed E-state index contributed by atoms with van der Waals surface area (Å²) in [5.74, 6) is 0.903. The first kappa shape index (κ1) is 20.8. The van der Waals surface area contributed by atoms with Gasteiger partial charge in [-0.1, -0.05) is 42.6 Å². The molecule has 1 saturated carbocycles. The third-order valence-electron chi connectivity index (χ3n) is 5.27. The molecule has 3 rings (SSSR count). The summed E-state index contributed by atoms with van der Waals surface area (Å²) in [6, 6.07) is 9.36. The van der Waals surface area contributed by atoms with Gasteiger partial charge in [0.1, 0.15) is 0 Å². The van der Waals surface area contributed by atoms with Gasteiger partial charge in [-0.25, -0.2) is 0 Å². The van der Waals surface area contributed by atoms with Gasteiger partial charge in [-0.05, 0) is 37.3 Å². The molecule has 1 aromatic rings. The van der Waals surface area contributed by atoms with Crippen LogP contribution in [0.2, 0.25) is 5.02 Å². The first-order valence-electron chi connectivity index (χ1n) is 9.21. The second-order valence-electron chi connectivity index (χ2n) is 6.90. The SMILES string of the molecule is CN=C(NCCc1ccccc1Cl)NC1CCN(C2CCCC2)C1.I. The fraction of sp³-hybridized carbons (Fsp3) is 0.632. The number of rotatable bonds is 5. The highest BCUT2D eigenvalue weighted by Gasteiger charge is 2.30. The van der Waals surface area contributed by atoms with Crippen molar-refractivity contribution in [2.45, 2.75) is 50.6 Å². The minimum absolute atomic E-state index is 0. The van der Waals surface area contributed by atoms with Gasteiger partial charge >= 0.3 is 0 Å². The fourth-order valence-corrected chi connectivity index (χ4v) is 4.14. The van der Waals surface area contributed by atoms with Gasteiger partial charge in [0, 0.05) is 43.8 Å². The van der Waals surface area contributed by atoms with Crippen molar-refractivity contribution in [1.29, 1.82) is 0 Å². The van der Waals surface area contributed by atoms with Crippen LogP contribution in [0.25, 0.3) is 0 Å². The molecule has 2 aliphatic rings. The van der Waals surface area contributed by atoms with Crippen molar-refractivity contribution >= 4 is 41.5 Å². The summed E-state index contributed by atoms with van der Waals surface area (Å²) in [7, 11) is 1.84. The molecule has 2 fully saturated rings. The molecule has 0 radical (unpaired) electrons. The molecule has 0 aromatic heterocycles. The van der Waals surface area contributed by atoms with Crippen LogP contribution < -0.4 is 10.6 Å². The molecule has 0 spiro atoms. The Bertz CT molecular complexity index is 560. The van der Waals surface area contributed by atoms with E-state index in [0.717, 1.165) is 36.5 Å². The van der Waals surface area contributed by atoms with E-state index in [1.165, 1.54) is 44.2 Å². The van der Waals surface area contributed by atoms with Crippen LogP contribution in [0.15, 0.2) is 29.3 Å². The summed E-state index contributed by atoms with van der Waals surface area (Å²) in [5, 5.41) is 7.84. The molecule has 4 nitrogen and oxygen atoms in total. The molecule has 2 N–H and O–H groups in total. The van der Waals surface area contributed by atoms with Crippen LogP contribution in [-0.4, -0.2) is 49.6 Å². The molecule has 140 valence electrons. The molecule has 1 heterocycles. The van der Waals surface area contributed by atoms with Crippen LogP contribution in [0.1, 0.15) is 37.7 Å². The van der Waals surface area contributed by atoms with Gasteiger partial charge in [-0.15, -0.1) is 24.0 Å². The largest absolute Gasteiger partial charge is 0.356 e. The summed E-state index contributed by atoms with van der Waals surface area (Å²) in [6.45, 7) is 3.21. The number of aliphatic imine (C=N–C) groups is 1. The van der Waals surface area contributed by atoms with Crippen LogP contribution in [-0.2, 0) is 6.42 Å². The Morgan fingerprint density at radius 1 is 1.24 bits per heavy atom. The molecule has 0 amide bonds. The van der Waals surface area contributed by atoms with Crippen molar-refractivity contribution in [1.82, 2.24) is 15.5 Å². The Balaban J connectivity index is 0.00000225. The van der Waals surface area contributed by atoms with Gasteiger partial charge in [0.05, 0.1) is 0 Å². The lowest BCUT2D eigenvalue weighted by Crippen LogP contribution is -2.45. The van der Waals surface area contributed by atoms with E-state index in [1.807, 2.05) is 25.2 Å². The Kier molecular flexibility index (Phi) is 8.79. The van der Waals surface area contributed by atoms with E-state index in [1.54, 1.807) is 0 Å². The third-order valence-corrected chi connectivity index (χ3v) is 5.64. The molecule has 25 heavy (non-hydrogen) atoms. The molecule has 1 aliphatic heterocycles. The Labute approximate surface area is 173 Å². The maximum Gasteiger partial charge on any atom is 0.191 e. The normalized spacial score (nSPS) is 22.0. The van der Waals surface area contributed by atoms with E-state index in [0.29, 0.717) is 6.04 Å². The number of likely N-dealkylation sites (tertiary alicyclic amines) is 1. The number of nitrogens with one attached hydrogen (secondary N) is 2. The number of nitrogens with zero attached hydrogens (tertiary/aromatic N) is 2. The lowest BCUT2D eigenvalue weighted by Gasteiger charge is -2.24. The number of benzene rings is 1. The van der Waals surface area contributed by atoms with Crippen LogP contribution in [0.4, 0.5) is 0 Å². The van der Waals surface area contributed by atoms with Gasteiger partial charge in [0.15, 0.2) is 5.96 Å². The molecule has 1 aliphatic carbocycles. The van der Waals surface area contributed by atoms with Crippen LogP contribution in [0, 0.1) is 0 Å². The highest BCUT2D eigenvalue weighted by molar-refractivity contribution is 14.0. The standard InChI is InChI=1S/C19H29ClN4.HI/c1-21-19(22-12-10-15-6-2-5-9-18(15)20)23-16-11-13-24(14-16)17-7-3-4-8-17;/h2,5-6,9,16-17H,3-4,7-8,10-14H2,1H3,(H2,21,22,23);1H. The zero-order valence-corrected chi connectivity index (χ0v) is 18.1. The summed E-state index contributed by atoms with van der Waals surface area (Å²) in [5.41, 5.74) is 1.18. The topological polar surface area (TPSA) is 39.7 Å². The first-order valence-corrected chi connectivity index (χ1v) is 9.58. The van der Waals surface area contributed by atoms with E-state index in [-0.39, 0.29) is 24.0 Å². The van der Waals surface area contributed by atoms with E-state index >= 15 is 0 Å². The molecular formula is C19H30ClIN4. The van der Waals surface area contributed by atoms with Gasteiger partial charge in [0.2, 0.25) is 0 Å². The van der Waals surface area contributed by atoms with Crippen molar-refractivity contribution in [3.63, 3.8) is 0 Å². The van der Waals surface area contributed by atoms with Crippen molar-refractivity contribution < 1.29 is 0 Å². The lowest BCUT2D eigenvalue weighted by atomic mass is 10.1. The Hall–Kier alpha value is -0.530. The van der Waals surface area contributed by atoms with Gasteiger partial charge < -0.3 is 10.6 Å². The minimum atomic E-state index is 0. The van der Waals surface area contributed by atoms with Crippen LogP contribution in [0.3, 0.4) is 0 Å². The van der Waals surface area contributed by atoms with Crippen LogP contribution >= 0.6 is 35.6 Å². The zero-order chi connectivity index (χ0) is 16.8. The molecule has 0 bridgehead atoms. The number of hydrogen-bond donors (Lipinski definition) is 2. The number of halogens is 2. The van der Waals surface area contributed by atoms with Gasteiger partial charge in [-0.2, -0.15) is 0 Å². The molecule has 1 aromatic carbocycles. The average molecular weight is 477 g/mol. The summed E-state index contributed by atoms with van der Waals surface area (Å²) >= 11 is 6.21. The van der Waals surface area contributed by atoms with Gasteiger partial charge in [-0.3, -0.25) is 9.89 Å². The minimum Gasteiger partial charge on any atom is -0.356 e. The Morgan fingerprint density at radius 2 is 2.00 bits per heavy atom. The maximum atomic E-state index is 6.21.